The molecule has 4 rings (SSSR count). The molecule has 0 aliphatic heterocycles. The minimum Gasteiger partial charge on any atom is -0.369 e. The number of ketones is 1. The molecule has 5 nitrogen and oxygen atoms in total. The highest BCUT2D eigenvalue weighted by atomic mass is 35.5. The number of anilines is 1. The van der Waals surface area contributed by atoms with Crippen LogP contribution in [0.1, 0.15) is 85.1 Å². The third kappa shape index (κ3) is 5.94. The Hall–Kier alpha value is -2.37. The van der Waals surface area contributed by atoms with Crippen molar-refractivity contribution in [1.82, 2.24) is 14.3 Å². The van der Waals surface area contributed by atoms with Crippen molar-refractivity contribution in [2.24, 2.45) is 5.92 Å². The van der Waals surface area contributed by atoms with Crippen LogP contribution >= 0.6 is 11.6 Å². The Kier molecular flexibility index (Phi) is 9.20. The molecule has 3 aromatic rings. The maximum Gasteiger partial charge on any atom is 0.163 e. The lowest BCUT2D eigenvalue weighted by molar-refractivity contribution is 0.0959. The second-order valence-corrected chi connectivity index (χ2v) is 11.9. The quantitative estimate of drug-likeness (QED) is 0.252. The molecular formula is C32H45ClN4O. The molecule has 1 saturated carbocycles. The van der Waals surface area contributed by atoms with Gasteiger partial charge in [0.15, 0.2) is 5.78 Å². The second kappa shape index (κ2) is 12.2. The highest BCUT2D eigenvalue weighted by Gasteiger charge is 2.28. The third-order valence-corrected chi connectivity index (χ3v) is 9.09. The minimum absolute atomic E-state index is 0.189. The number of Topliss-reactive ketones (excluding diaryl/α,β-unsaturated/α-hetero) is 1. The standard InChI is InChI=1S/C32H45ClN4O/c1-8-24(17-28-21(3)16-22(4)37-15-14-34-32(28)37)18-31(38)29-19-25(33)20-30(23(29)5)36(9-2)27-12-10-26(11-13-27)35(6)7/h14-16,19-20,24,26-27H,8-13,17-18H2,1-7H3. The van der Waals surface area contributed by atoms with Crippen LogP contribution in [0.5, 0.6) is 0 Å². The van der Waals surface area contributed by atoms with Gasteiger partial charge in [-0.3, -0.25) is 4.79 Å². The Bertz CT molecular complexity index is 1270. The van der Waals surface area contributed by atoms with Gasteiger partial charge in [0.25, 0.3) is 0 Å². The lowest BCUT2D eigenvalue weighted by atomic mass is 9.87. The highest BCUT2D eigenvalue weighted by molar-refractivity contribution is 6.31. The lowest BCUT2D eigenvalue weighted by Gasteiger charge is -2.40. The molecule has 1 aliphatic rings. The first kappa shape index (κ1) is 28.6. The monoisotopic (exact) mass is 536 g/mol. The molecule has 1 aromatic carbocycles. The van der Waals surface area contributed by atoms with Gasteiger partial charge in [-0.2, -0.15) is 0 Å². The molecule has 0 saturated heterocycles. The van der Waals surface area contributed by atoms with E-state index in [2.05, 4.69) is 80.0 Å². The summed E-state index contributed by atoms with van der Waals surface area (Å²) in [6, 6.07) is 7.32. The Labute approximate surface area is 234 Å². The summed E-state index contributed by atoms with van der Waals surface area (Å²) in [5, 5.41) is 0.649. The van der Waals surface area contributed by atoms with Crippen molar-refractivity contribution in [2.75, 3.05) is 25.5 Å². The molecule has 1 fully saturated rings. The van der Waals surface area contributed by atoms with E-state index in [4.69, 9.17) is 11.6 Å². The molecular weight excluding hydrogens is 492 g/mol. The van der Waals surface area contributed by atoms with E-state index in [9.17, 15) is 4.79 Å². The van der Waals surface area contributed by atoms with E-state index in [1.54, 1.807) is 0 Å². The molecule has 2 aromatic heterocycles. The van der Waals surface area contributed by atoms with Crippen LogP contribution in [0.25, 0.3) is 5.65 Å². The number of hydrogen-bond acceptors (Lipinski definition) is 4. The van der Waals surface area contributed by atoms with Crippen LogP contribution in [-0.2, 0) is 6.42 Å². The maximum atomic E-state index is 13.8. The van der Waals surface area contributed by atoms with Gasteiger partial charge in [0.05, 0.1) is 0 Å². The third-order valence-electron chi connectivity index (χ3n) is 8.87. The van der Waals surface area contributed by atoms with Crippen molar-refractivity contribution in [3.63, 3.8) is 0 Å². The first-order valence-electron chi connectivity index (χ1n) is 14.3. The van der Waals surface area contributed by atoms with Gasteiger partial charge in [-0.25, -0.2) is 4.98 Å². The number of carbonyl (C=O) groups excluding carboxylic acids is 1. The summed E-state index contributed by atoms with van der Waals surface area (Å²) in [6.07, 6.45) is 10.9. The van der Waals surface area contributed by atoms with Crippen LogP contribution in [0.3, 0.4) is 0 Å². The van der Waals surface area contributed by atoms with Crippen LogP contribution in [0.2, 0.25) is 5.02 Å². The summed E-state index contributed by atoms with van der Waals surface area (Å²) in [7, 11) is 4.37. The Morgan fingerprint density at radius 3 is 2.39 bits per heavy atom. The first-order chi connectivity index (χ1) is 18.1. The summed E-state index contributed by atoms with van der Waals surface area (Å²) in [4.78, 5) is 23.3. The zero-order valence-corrected chi connectivity index (χ0v) is 25.1. The van der Waals surface area contributed by atoms with Crippen molar-refractivity contribution >= 4 is 28.7 Å². The molecule has 6 heteroatoms. The van der Waals surface area contributed by atoms with Gasteiger partial charge in [-0.05, 0) is 115 Å². The average molecular weight is 537 g/mol. The number of fused-ring (bicyclic) bond motifs is 1. The minimum atomic E-state index is 0.189. The largest absolute Gasteiger partial charge is 0.369 e. The van der Waals surface area contributed by atoms with E-state index in [1.807, 2.05) is 18.5 Å². The van der Waals surface area contributed by atoms with Crippen LogP contribution in [0, 0.1) is 26.7 Å². The van der Waals surface area contributed by atoms with Crippen LogP contribution in [0.15, 0.2) is 30.6 Å². The lowest BCUT2D eigenvalue weighted by Crippen LogP contribution is -2.42. The Morgan fingerprint density at radius 1 is 1.08 bits per heavy atom. The molecule has 1 aliphatic carbocycles. The summed E-state index contributed by atoms with van der Waals surface area (Å²) in [6.45, 7) is 11.7. The summed E-state index contributed by atoms with van der Waals surface area (Å²) in [5.41, 5.74) is 7.65. The number of halogens is 1. The maximum absolute atomic E-state index is 13.8. The molecule has 38 heavy (non-hydrogen) atoms. The van der Waals surface area contributed by atoms with Gasteiger partial charge in [0.2, 0.25) is 0 Å². The fraction of sp³-hybridized carbons (Fsp3) is 0.562. The molecule has 0 amide bonds. The van der Waals surface area contributed by atoms with Crippen LogP contribution < -0.4 is 4.90 Å². The van der Waals surface area contributed by atoms with Crippen molar-refractivity contribution < 1.29 is 4.79 Å². The molecule has 0 spiro atoms. The second-order valence-electron chi connectivity index (χ2n) is 11.5. The molecule has 0 radical (unpaired) electrons. The van der Waals surface area contributed by atoms with E-state index in [1.165, 1.54) is 42.5 Å². The van der Waals surface area contributed by atoms with Gasteiger partial charge >= 0.3 is 0 Å². The van der Waals surface area contributed by atoms with Crippen molar-refractivity contribution in [2.45, 2.75) is 91.6 Å². The van der Waals surface area contributed by atoms with Crippen molar-refractivity contribution in [3.8, 4) is 0 Å². The highest BCUT2D eigenvalue weighted by Crippen LogP contribution is 2.35. The molecule has 1 atom stereocenters. The van der Waals surface area contributed by atoms with E-state index in [0.717, 1.165) is 41.8 Å². The molecule has 2 heterocycles. The smallest absolute Gasteiger partial charge is 0.163 e. The Balaban J connectivity index is 1.55. The number of benzene rings is 1. The average Bonchev–Trinajstić information content (AvgIpc) is 3.38. The molecule has 206 valence electrons. The van der Waals surface area contributed by atoms with E-state index >= 15 is 0 Å². The summed E-state index contributed by atoms with van der Waals surface area (Å²) >= 11 is 6.66. The number of pyridine rings is 1. The van der Waals surface area contributed by atoms with E-state index < -0.39 is 0 Å². The zero-order valence-electron chi connectivity index (χ0n) is 24.4. The molecule has 0 bridgehead atoms. The topological polar surface area (TPSA) is 40.9 Å². The van der Waals surface area contributed by atoms with Gasteiger partial charge in [-0.1, -0.05) is 24.9 Å². The van der Waals surface area contributed by atoms with Crippen LogP contribution in [0.4, 0.5) is 5.69 Å². The normalized spacial score (nSPS) is 18.8. The number of nitrogens with zero attached hydrogens (tertiary/aromatic N) is 4. The van der Waals surface area contributed by atoms with Gasteiger partial charge in [0, 0.05) is 59.4 Å². The fourth-order valence-corrected chi connectivity index (χ4v) is 6.71. The number of rotatable bonds is 10. The van der Waals surface area contributed by atoms with Crippen molar-refractivity contribution in [3.05, 3.63) is 63.6 Å². The van der Waals surface area contributed by atoms with Gasteiger partial charge in [0.1, 0.15) is 5.65 Å². The van der Waals surface area contributed by atoms with Crippen molar-refractivity contribution in [1.29, 1.82) is 0 Å². The van der Waals surface area contributed by atoms with E-state index in [0.29, 0.717) is 23.5 Å². The van der Waals surface area contributed by atoms with Gasteiger partial charge in [-0.15, -0.1) is 0 Å². The number of aromatic nitrogens is 2. The first-order valence-corrected chi connectivity index (χ1v) is 14.7. The number of imidazole rings is 1. The molecule has 1 unspecified atom stereocenters. The number of hydrogen-bond donors (Lipinski definition) is 0. The predicted octanol–water partition coefficient (Wildman–Crippen LogP) is 7.45. The summed E-state index contributed by atoms with van der Waals surface area (Å²) < 4.78 is 2.15. The molecule has 0 N–H and O–H groups in total. The number of aryl methyl sites for hydroxylation is 2. The van der Waals surface area contributed by atoms with Gasteiger partial charge < -0.3 is 14.2 Å². The predicted molar refractivity (Wildman–Crippen MR) is 160 cm³/mol. The summed E-state index contributed by atoms with van der Waals surface area (Å²) in [5.74, 6) is 0.435. The Morgan fingerprint density at radius 2 is 1.76 bits per heavy atom. The fourth-order valence-electron chi connectivity index (χ4n) is 6.50. The SMILES string of the molecule is CCC(CC(=O)c1cc(Cl)cc(N(CC)C2CCC(N(C)C)CC2)c1C)Cc1c(C)cc(C)n2ccnc12. The van der Waals surface area contributed by atoms with Crippen LogP contribution in [-0.4, -0.2) is 52.8 Å². The number of carbonyl (C=O) groups is 1. The van der Waals surface area contributed by atoms with E-state index in [-0.39, 0.29) is 11.7 Å². The zero-order chi connectivity index (χ0) is 27.6.